The zero-order valence-corrected chi connectivity index (χ0v) is 20.7. The van der Waals surface area contributed by atoms with E-state index in [1.165, 1.54) is 5.56 Å². The van der Waals surface area contributed by atoms with E-state index >= 15 is 0 Å². The molecule has 182 valence electrons. The maximum atomic E-state index is 13.5. The maximum Gasteiger partial charge on any atom is 0.251 e. The number of methoxy groups -OCH3 is 1. The van der Waals surface area contributed by atoms with E-state index in [1.54, 1.807) is 7.11 Å². The second kappa shape index (κ2) is 11.5. The fraction of sp³-hybridized carbons (Fsp3) is 0.500. The lowest BCUT2D eigenvalue weighted by molar-refractivity contribution is 0.0845. The van der Waals surface area contributed by atoms with Crippen molar-refractivity contribution in [2.24, 2.45) is 0 Å². The number of fused-ring (bicyclic) bond motifs is 2. The monoisotopic (exact) mass is 463 g/mol. The van der Waals surface area contributed by atoms with Gasteiger partial charge in [-0.25, -0.2) is 4.98 Å². The average Bonchev–Trinajstić information content (AvgIpc) is 2.87. The lowest BCUT2D eigenvalue weighted by Crippen LogP contribution is -2.40. The molecule has 1 aromatic heterocycles. The SMILES string of the molecule is CCN(c1cccc2c1C/C=C/CCCc1cc(C)nc(OC)c1CNC2=O)C1CCOCC1. The largest absolute Gasteiger partial charge is 0.481 e. The van der Waals surface area contributed by atoms with Crippen LogP contribution in [0.25, 0.3) is 0 Å². The summed E-state index contributed by atoms with van der Waals surface area (Å²) >= 11 is 0. The van der Waals surface area contributed by atoms with Crippen molar-refractivity contribution in [2.75, 3.05) is 31.8 Å². The number of allylic oxidation sites excluding steroid dienone is 2. The second-order valence-corrected chi connectivity index (χ2v) is 9.09. The number of benzene rings is 1. The molecule has 0 aliphatic carbocycles. The summed E-state index contributed by atoms with van der Waals surface area (Å²) in [5.74, 6) is 0.549. The molecule has 2 aromatic rings. The van der Waals surface area contributed by atoms with Crippen LogP contribution in [0.4, 0.5) is 5.69 Å². The number of nitrogens with one attached hydrogen (secondary N) is 1. The molecular formula is C28H37N3O3. The van der Waals surface area contributed by atoms with E-state index in [1.807, 2.05) is 19.1 Å². The Morgan fingerprint density at radius 2 is 2.03 bits per heavy atom. The number of carbonyl (C=O) groups excluding carboxylic acids is 1. The van der Waals surface area contributed by atoms with Gasteiger partial charge in [0.1, 0.15) is 0 Å². The molecule has 0 unspecified atom stereocenters. The first-order valence-corrected chi connectivity index (χ1v) is 12.5. The highest BCUT2D eigenvalue weighted by Gasteiger charge is 2.25. The number of aromatic nitrogens is 1. The van der Waals surface area contributed by atoms with E-state index < -0.39 is 0 Å². The number of aryl methyl sites for hydroxylation is 2. The van der Waals surface area contributed by atoms with Gasteiger partial charge in [0.15, 0.2) is 0 Å². The Morgan fingerprint density at radius 3 is 2.79 bits per heavy atom. The highest BCUT2D eigenvalue weighted by Crippen LogP contribution is 2.30. The summed E-state index contributed by atoms with van der Waals surface area (Å²) in [5.41, 5.74) is 6.11. The summed E-state index contributed by atoms with van der Waals surface area (Å²) < 4.78 is 11.2. The third kappa shape index (κ3) is 5.44. The fourth-order valence-corrected chi connectivity index (χ4v) is 5.20. The van der Waals surface area contributed by atoms with Crippen molar-refractivity contribution < 1.29 is 14.3 Å². The van der Waals surface area contributed by atoms with E-state index in [4.69, 9.17) is 9.47 Å². The summed E-state index contributed by atoms with van der Waals surface area (Å²) in [6, 6.07) is 8.68. The molecule has 0 saturated carbocycles. The van der Waals surface area contributed by atoms with Gasteiger partial charge in [0.25, 0.3) is 5.91 Å². The predicted octanol–water partition coefficient (Wildman–Crippen LogP) is 4.77. The number of carbonyl (C=O) groups is 1. The van der Waals surface area contributed by atoms with Crippen molar-refractivity contribution in [2.45, 2.75) is 65.0 Å². The molecule has 0 spiro atoms. The second-order valence-electron chi connectivity index (χ2n) is 9.09. The van der Waals surface area contributed by atoms with Crippen molar-refractivity contribution in [1.29, 1.82) is 0 Å². The van der Waals surface area contributed by atoms with Gasteiger partial charge in [-0.3, -0.25) is 4.79 Å². The molecule has 1 fully saturated rings. The van der Waals surface area contributed by atoms with Crippen molar-refractivity contribution in [3.8, 4) is 5.88 Å². The molecule has 0 radical (unpaired) electrons. The Morgan fingerprint density at radius 1 is 1.21 bits per heavy atom. The van der Waals surface area contributed by atoms with Gasteiger partial charge < -0.3 is 19.7 Å². The standard InChI is InChI=1S/C28H37N3O3/c1-4-31(22-14-16-34-17-15-22)26-13-9-12-24-23(26)11-8-6-5-7-10-21-18-20(2)30-28(33-3)25(21)19-29-27(24)32/h6,8-9,12-13,18,22H,4-5,7,10-11,14-17,19H2,1-3H3,(H,29,32)/b8-6+. The van der Waals surface area contributed by atoms with Gasteiger partial charge in [-0.05, 0) is 81.7 Å². The minimum Gasteiger partial charge on any atom is -0.481 e. The van der Waals surface area contributed by atoms with Crippen molar-refractivity contribution >= 4 is 11.6 Å². The number of pyridine rings is 1. The van der Waals surface area contributed by atoms with Gasteiger partial charge in [-0.15, -0.1) is 0 Å². The molecule has 1 N–H and O–H groups in total. The van der Waals surface area contributed by atoms with Crippen molar-refractivity contribution in [3.05, 3.63) is 64.4 Å². The first-order chi connectivity index (χ1) is 16.6. The van der Waals surface area contributed by atoms with E-state index in [0.29, 0.717) is 18.5 Å². The predicted molar refractivity (Wildman–Crippen MR) is 136 cm³/mol. The summed E-state index contributed by atoms with van der Waals surface area (Å²) in [6.07, 6.45) is 10.2. The molecule has 3 heterocycles. The van der Waals surface area contributed by atoms with Gasteiger partial charge in [0.2, 0.25) is 5.88 Å². The first-order valence-electron chi connectivity index (χ1n) is 12.5. The van der Waals surface area contributed by atoms with Gasteiger partial charge >= 0.3 is 0 Å². The van der Waals surface area contributed by atoms with Crippen LogP contribution >= 0.6 is 0 Å². The van der Waals surface area contributed by atoms with E-state index in [-0.39, 0.29) is 5.91 Å². The molecule has 1 saturated heterocycles. The molecule has 0 atom stereocenters. The quantitative estimate of drug-likeness (QED) is 0.662. The molecule has 34 heavy (non-hydrogen) atoms. The minimum atomic E-state index is -0.0545. The number of anilines is 1. The molecule has 6 heteroatoms. The van der Waals surface area contributed by atoms with Crippen LogP contribution < -0.4 is 15.0 Å². The van der Waals surface area contributed by atoms with Crippen molar-refractivity contribution in [1.82, 2.24) is 10.3 Å². The average molecular weight is 464 g/mol. The normalized spacial score (nSPS) is 18.4. The van der Waals surface area contributed by atoms with E-state index in [9.17, 15) is 4.79 Å². The number of hydrogen-bond acceptors (Lipinski definition) is 5. The smallest absolute Gasteiger partial charge is 0.251 e. The van der Waals surface area contributed by atoms with Gasteiger partial charge in [-0.1, -0.05) is 18.2 Å². The van der Waals surface area contributed by atoms with Crippen LogP contribution in [0.1, 0.15) is 65.3 Å². The molecule has 0 bridgehead atoms. The maximum absolute atomic E-state index is 13.5. The highest BCUT2D eigenvalue weighted by molar-refractivity contribution is 5.97. The van der Waals surface area contributed by atoms with Crippen LogP contribution in [0.3, 0.4) is 0 Å². The summed E-state index contributed by atoms with van der Waals surface area (Å²) in [7, 11) is 1.64. The number of ether oxygens (including phenoxy) is 2. The van der Waals surface area contributed by atoms with Crippen LogP contribution in [0, 0.1) is 6.92 Å². The van der Waals surface area contributed by atoms with Crippen LogP contribution in [0.15, 0.2) is 36.4 Å². The van der Waals surface area contributed by atoms with E-state index in [2.05, 4.69) is 46.4 Å². The summed E-state index contributed by atoms with van der Waals surface area (Å²) in [4.78, 5) is 20.5. The Labute approximate surface area is 203 Å². The lowest BCUT2D eigenvalue weighted by Gasteiger charge is -2.37. The van der Waals surface area contributed by atoms with E-state index in [0.717, 1.165) is 86.4 Å². The Bertz CT molecular complexity index is 1030. The molecular weight excluding hydrogens is 426 g/mol. The topological polar surface area (TPSA) is 63.7 Å². The molecule has 6 nitrogen and oxygen atoms in total. The van der Waals surface area contributed by atoms with Crippen LogP contribution in [0.5, 0.6) is 5.88 Å². The Kier molecular flexibility index (Phi) is 8.22. The molecule has 1 aromatic carbocycles. The first kappa shape index (κ1) is 24.3. The third-order valence-corrected chi connectivity index (χ3v) is 6.91. The van der Waals surface area contributed by atoms with Crippen molar-refractivity contribution in [3.63, 3.8) is 0 Å². The minimum absolute atomic E-state index is 0.0545. The van der Waals surface area contributed by atoms with Crippen LogP contribution in [-0.2, 0) is 24.1 Å². The Balaban J connectivity index is 1.70. The molecule has 1 amide bonds. The van der Waals surface area contributed by atoms with Gasteiger partial charge in [-0.2, -0.15) is 0 Å². The summed E-state index contributed by atoms with van der Waals surface area (Å²) in [5, 5.41) is 3.17. The lowest BCUT2D eigenvalue weighted by atomic mass is 9.97. The zero-order chi connectivity index (χ0) is 23.9. The molecule has 2 aliphatic rings. The van der Waals surface area contributed by atoms with Crippen LogP contribution in [0.2, 0.25) is 0 Å². The van der Waals surface area contributed by atoms with Gasteiger partial charge in [0.05, 0.1) is 7.11 Å². The number of nitrogens with zero attached hydrogens (tertiary/aromatic N) is 2. The number of rotatable bonds is 4. The number of amides is 1. The number of hydrogen-bond donors (Lipinski definition) is 1. The van der Waals surface area contributed by atoms with Gasteiger partial charge in [0, 0.05) is 54.9 Å². The fourth-order valence-electron chi connectivity index (χ4n) is 5.20. The summed E-state index contributed by atoms with van der Waals surface area (Å²) in [6.45, 7) is 7.08. The van der Waals surface area contributed by atoms with Crippen LogP contribution in [-0.4, -0.2) is 43.8 Å². The Hall–Kier alpha value is -2.86. The third-order valence-electron chi connectivity index (χ3n) is 6.91. The molecule has 4 rings (SSSR count). The highest BCUT2D eigenvalue weighted by atomic mass is 16.5. The molecule has 2 aliphatic heterocycles. The zero-order valence-electron chi connectivity index (χ0n) is 20.7.